The Bertz CT molecular complexity index is 408. The number of hydrogen-bond acceptors (Lipinski definition) is 2. The van der Waals surface area contributed by atoms with Gasteiger partial charge < -0.3 is 0 Å². The average molecular weight is 378 g/mol. The molecule has 6 heteroatoms. The number of nitrogens with one attached hydrogen (secondary N) is 2. The molecular formula is C12H17IN3OS-. The van der Waals surface area contributed by atoms with Crippen LogP contribution in [0.4, 0.5) is 5.69 Å². The van der Waals surface area contributed by atoms with Gasteiger partial charge in [-0.3, -0.25) is 0 Å². The number of primary amides is 1. The van der Waals surface area contributed by atoms with Gasteiger partial charge >= 0.3 is 123 Å². The van der Waals surface area contributed by atoms with Crippen LogP contribution < -0.4 is 37.6 Å². The predicted molar refractivity (Wildman–Crippen MR) is 74.1 cm³/mol. The fourth-order valence-electron chi connectivity index (χ4n) is 1.31. The molecule has 1 aromatic carbocycles. The van der Waals surface area contributed by atoms with E-state index in [1.807, 2.05) is 12.1 Å². The van der Waals surface area contributed by atoms with Gasteiger partial charge in [-0.05, 0) is 0 Å². The second kappa shape index (κ2) is 8.25. The second-order valence-electron chi connectivity index (χ2n) is 3.70. The van der Waals surface area contributed by atoms with Crippen LogP contribution in [0.15, 0.2) is 24.3 Å². The summed E-state index contributed by atoms with van der Waals surface area (Å²) in [6.07, 6.45) is 0.279. The van der Waals surface area contributed by atoms with E-state index < -0.39 is 0 Å². The summed E-state index contributed by atoms with van der Waals surface area (Å²) in [5.74, 6) is -0.336. The molecule has 0 aromatic heterocycles. The van der Waals surface area contributed by atoms with Crippen LogP contribution in [-0.2, 0) is 9.22 Å². The molecule has 0 aliphatic carbocycles. The second-order valence-corrected chi connectivity index (χ2v) is 6.39. The van der Waals surface area contributed by atoms with Crippen LogP contribution in [0.25, 0.3) is 0 Å². The van der Waals surface area contributed by atoms with E-state index in [4.69, 9.17) is 18.0 Å². The van der Waals surface area contributed by atoms with E-state index in [-0.39, 0.29) is 33.5 Å². The van der Waals surface area contributed by atoms with Crippen molar-refractivity contribution in [3.63, 3.8) is 0 Å². The Morgan fingerprint density at radius 1 is 1.39 bits per heavy atom. The maximum absolute atomic E-state index is 10.6. The molecule has 0 fully saturated rings. The minimum absolute atomic E-state index is 0.279. The Balaban J connectivity index is 2.37. The third-order valence-electron chi connectivity index (χ3n) is 2.16. The summed E-state index contributed by atoms with van der Waals surface area (Å²) in [4.78, 5) is 12.8. The average Bonchev–Trinajstić information content (AvgIpc) is 2.31. The molecule has 0 bridgehead atoms. The molecule has 0 spiro atoms. The molecule has 0 saturated carbocycles. The number of nitrogens with two attached hydrogens (primary N) is 1. The number of rotatable bonds is 6. The maximum atomic E-state index is 10.6. The van der Waals surface area contributed by atoms with E-state index in [1.165, 1.54) is 9.99 Å². The van der Waals surface area contributed by atoms with Crippen molar-refractivity contribution in [2.24, 2.45) is 5.73 Å². The Morgan fingerprint density at radius 3 is 2.61 bits per heavy atom. The van der Waals surface area contributed by atoms with Crippen LogP contribution in [-0.4, -0.2) is 22.5 Å². The fourth-order valence-corrected chi connectivity index (χ4v) is 2.92. The molecule has 100 valence electrons. The van der Waals surface area contributed by atoms with Crippen LogP contribution in [0, 0.1) is 0 Å². The first-order valence-electron chi connectivity index (χ1n) is 5.47. The number of benzene rings is 1. The molecule has 0 heterocycles. The van der Waals surface area contributed by atoms with E-state index >= 15 is 0 Å². The van der Waals surface area contributed by atoms with Gasteiger partial charge in [0.1, 0.15) is 0 Å². The Morgan fingerprint density at radius 2 is 2.06 bits per heavy atom. The number of carbonyl (C=O) groups excluding carboxylic acids is 1. The zero-order valence-electron chi connectivity index (χ0n) is 10.2. The number of carbonyl (C=O) groups is 1. The van der Waals surface area contributed by atoms with Crippen LogP contribution in [0.1, 0.15) is 12.0 Å². The van der Waals surface area contributed by atoms with E-state index in [9.17, 15) is 4.79 Å². The first-order valence-corrected chi connectivity index (χ1v) is 9.57. The third kappa shape index (κ3) is 6.15. The van der Waals surface area contributed by atoms with Gasteiger partial charge in [-0.2, -0.15) is 0 Å². The number of alkyl halides is 2. The SMILES string of the molecule is C[I-]Cc1ccc(NC(=S)NCCC(N)=O)cc1. The van der Waals surface area contributed by atoms with Gasteiger partial charge in [-0.25, -0.2) is 0 Å². The summed E-state index contributed by atoms with van der Waals surface area (Å²) in [5.41, 5.74) is 7.35. The zero-order chi connectivity index (χ0) is 13.4. The van der Waals surface area contributed by atoms with E-state index in [1.54, 1.807) is 0 Å². The Hall–Kier alpha value is -0.890. The first-order chi connectivity index (χ1) is 8.61. The van der Waals surface area contributed by atoms with Gasteiger partial charge in [-0.15, -0.1) is 0 Å². The zero-order valence-corrected chi connectivity index (χ0v) is 13.2. The third-order valence-corrected chi connectivity index (χ3v) is 4.05. The van der Waals surface area contributed by atoms with E-state index in [2.05, 4.69) is 27.7 Å². The van der Waals surface area contributed by atoms with Gasteiger partial charge in [0.05, 0.1) is 0 Å². The topological polar surface area (TPSA) is 67.2 Å². The molecule has 0 unspecified atom stereocenters. The molecule has 18 heavy (non-hydrogen) atoms. The van der Waals surface area contributed by atoms with Crippen molar-refractivity contribution < 1.29 is 26.0 Å². The van der Waals surface area contributed by atoms with Crippen LogP contribution in [0.3, 0.4) is 0 Å². The Kier molecular flexibility index (Phi) is 6.96. The molecule has 0 radical (unpaired) electrons. The predicted octanol–water partition coefficient (Wildman–Crippen LogP) is -1.93. The van der Waals surface area contributed by atoms with Crippen LogP contribution in [0.5, 0.6) is 0 Å². The number of halogens is 1. The monoisotopic (exact) mass is 378 g/mol. The summed E-state index contributed by atoms with van der Waals surface area (Å²) in [6, 6.07) is 8.24. The van der Waals surface area contributed by atoms with Gasteiger partial charge in [0, 0.05) is 0 Å². The first kappa shape index (κ1) is 15.2. The Labute approximate surface area is 123 Å². The summed E-state index contributed by atoms with van der Waals surface area (Å²) in [6.45, 7) is 0.458. The summed E-state index contributed by atoms with van der Waals surface area (Å²) >= 11 is 5.39. The van der Waals surface area contributed by atoms with Crippen molar-refractivity contribution >= 4 is 28.9 Å². The molecule has 0 saturated heterocycles. The molecule has 1 amide bonds. The van der Waals surface area contributed by atoms with Crippen LogP contribution in [0.2, 0.25) is 0 Å². The molecular weight excluding hydrogens is 361 g/mol. The standard InChI is InChI=1S/C12H17IN3OS/c1-13-8-9-2-4-10(5-3-9)16-12(18)15-7-6-11(14)17/h2-5H,6-8H2,1H3,(H2,14,17)(H2,15,16,18)/q-1. The van der Waals surface area contributed by atoms with Crippen LogP contribution >= 0.6 is 12.2 Å². The summed E-state index contributed by atoms with van der Waals surface area (Å²) < 4.78 is 1.19. The van der Waals surface area contributed by atoms with Crippen molar-refractivity contribution in [3.05, 3.63) is 29.8 Å². The molecule has 4 nitrogen and oxygen atoms in total. The van der Waals surface area contributed by atoms with Crippen molar-refractivity contribution in [1.82, 2.24) is 5.32 Å². The van der Waals surface area contributed by atoms with Crippen molar-refractivity contribution in [1.29, 1.82) is 0 Å². The molecule has 0 aliphatic rings. The quantitative estimate of drug-likeness (QED) is 0.307. The van der Waals surface area contributed by atoms with Crippen molar-refractivity contribution in [2.45, 2.75) is 10.8 Å². The van der Waals surface area contributed by atoms with E-state index in [0.29, 0.717) is 11.7 Å². The van der Waals surface area contributed by atoms with Gasteiger partial charge in [0.25, 0.3) is 0 Å². The number of thiocarbonyl (C=S) groups is 1. The molecule has 1 aromatic rings. The van der Waals surface area contributed by atoms with Crippen molar-refractivity contribution in [2.75, 3.05) is 16.8 Å². The molecule has 4 N–H and O–H groups in total. The molecule has 0 aliphatic heterocycles. The van der Waals surface area contributed by atoms with Gasteiger partial charge in [-0.1, -0.05) is 0 Å². The van der Waals surface area contributed by atoms with Gasteiger partial charge in [0.15, 0.2) is 0 Å². The molecule has 0 atom stereocenters. The number of anilines is 1. The molecule has 1 rings (SSSR count). The normalized spacial score (nSPS) is 10.1. The fraction of sp³-hybridized carbons (Fsp3) is 0.333. The number of amides is 1. The summed E-state index contributed by atoms with van der Waals surface area (Å²) in [7, 11) is 0. The minimum atomic E-state index is -0.336. The van der Waals surface area contributed by atoms with E-state index in [0.717, 1.165) is 5.69 Å². The van der Waals surface area contributed by atoms with Crippen molar-refractivity contribution in [3.8, 4) is 0 Å². The summed E-state index contributed by atoms with van der Waals surface area (Å²) in [5, 5.41) is 6.50. The number of hydrogen-bond donors (Lipinski definition) is 3. The van der Waals surface area contributed by atoms with Gasteiger partial charge in [0.2, 0.25) is 0 Å².